The maximum Gasteiger partial charge on any atom is 0.326 e. The Bertz CT molecular complexity index is 736. The van der Waals surface area contributed by atoms with Gasteiger partial charge in [0.25, 0.3) is 0 Å². The highest BCUT2D eigenvalue weighted by atomic mass is 19.2. The van der Waals surface area contributed by atoms with E-state index in [4.69, 9.17) is 0 Å². The summed E-state index contributed by atoms with van der Waals surface area (Å²) in [4.78, 5) is 37.8. The Hall–Kier alpha value is -2.31. The van der Waals surface area contributed by atoms with Gasteiger partial charge in [0, 0.05) is 24.4 Å². The molecule has 3 rings (SSSR count). The van der Waals surface area contributed by atoms with Gasteiger partial charge in [-0.2, -0.15) is 0 Å². The summed E-state index contributed by atoms with van der Waals surface area (Å²) in [6.07, 6.45) is 3.89. The molecule has 1 aromatic carbocycles. The molecule has 3 atom stereocenters. The van der Waals surface area contributed by atoms with Gasteiger partial charge in [-0.3, -0.25) is 9.59 Å². The monoisotopic (exact) mass is 365 g/mol. The second-order valence-corrected chi connectivity index (χ2v) is 7.05. The first kappa shape index (κ1) is 18.5. The fraction of sp³-hybridized carbons (Fsp3) is 0.526. The molecular formula is C19H21F2NO4. The molecule has 0 bridgehead atoms. The van der Waals surface area contributed by atoms with Crippen molar-refractivity contribution in [3.63, 3.8) is 0 Å². The number of rotatable bonds is 5. The summed E-state index contributed by atoms with van der Waals surface area (Å²) in [7, 11) is 0. The topological polar surface area (TPSA) is 74.7 Å². The zero-order chi connectivity index (χ0) is 18.8. The van der Waals surface area contributed by atoms with Crippen LogP contribution in [0.4, 0.5) is 8.78 Å². The molecule has 2 fully saturated rings. The van der Waals surface area contributed by atoms with E-state index in [0.717, 1.165) is 37.8 Å². The van der Waals surface area contributed by atoms with Gasteiger partial charge in [0.15, 0.2) is 17.4 Å². The standard InChI is InChI=1S/C19H21F2NO4/c20-13-6-5-12(9-14(13)21)17(23)7-8-18(24)22-15-4-2-1-3-11(15)10-16(22)19(25)26/h5-6,9,11,15-16H,1-4,7-8,10H2,(H,25,26). The van der Waals surface area contributed by atoms with E-state index < -0.39 is 29.4 Å². The molecule has 3 unspecified atom stereocenters. The first-order chi connectivity index (χ1) is 12.4. The lowest BCUT2D eigenvalue weighted by Crippen LogP contribution is -2.46. The van der Waals surface area contributed by atoms with Gasteiger partial charge in [0.2, 0.25) is 5.91 Å². The van der Waals surface area contributed by atoms with Crippen LogP contribution in [0.3, 0.4) is 0 Å². The summed E-state index contributed by atoms with van der Waals surface area (Å²) < 4.78 is 26.2. The Morgan fingerprint density at radius 2 is 1.81 bits per heavy atom. The van der Waals surface area contributed by atoms with Crippen LogP contribution in [0.1, 0.15) is 55.3 Å². The smallest absolute Gasteiger partial charge is 0.326 e. The number of carbonyl (C=O) groups excluding carboxylic acids is 2. The lowest BCUT2D eigenvalue weighted by molar-refractivity contribution is -0.149. The number of carboxylic acids is 1. The van der Waals surface area contributed by atoms with E-state index in [9.17, 15) is 28.3 Å². The summed E-state index contributed by atoms with van der Waals surface area (Å²) in [5, 5.41) is 9.45. The molecule has 0 spiro atoms. The van der Waals surface area contributed by atoms with E-state index in [1.165, 1.54) is 11.0 Å². The maximum absolute atomic E-state index is 13.2. The molecule has 140 valence electrons. The minimum absolute atomic E-state index is 0.00319. The van der Waals surface area contributed by atoms with Crippen molar-refractivity contribution in [2.24, 2.45) is 5.92 Å². The molecule has 5 nitrogen and oxygen atoms in total. The number of benzene rings is 1. The largest absolute Gasteiger partial charge is 0.480 e. The molecule has 1 amide bonds. The summed E-state index contributed by atoms with van der Waals surface area (Å²) in [5.74, 6) is -3.79. The normalized spacial score (nSPS) is 25.0. The van der Waals surface area contributed by atoms with E-state index in [1.807, 2.05) is 0 Å². The van der Waals surface area contributed by atoms with Gasteiger partial charge in [-0.15, -0.1) is 0 Å². The summed E-state index contributed by atoms with van der Waals surface area (Å²) in [5.41, 5.74) is 0.00319. The van der Waals surface area contributed by atoms with E-state index >= 15 is 0 Å². The number of nitrogens with zero attached hydrogens (tertiary/aromatic N) is 1. The number of likely N-dealkylation sites (tertiary alicyclic amines) is 1. The van der Waals surface area contributed by atoms with E-state index in [2.05, 4.69) is 0 Å². The van der Waals surface area contributed by atoms with Crippen LogP contribution in [-0.4, -0.2) is 39.7 Å². The number of fused-ring (bicyclic) bond motifs is 1. The first-order valence-electron chi connectivity index (χ1n) is 8.90. The van der Waals surface area contributed by atoms with Gasteiger partial charge < -0.3 is 10.0 Å². The molecule has 1 aliphatic heterocycles. The van der Waals surface area contributed by atoms with Crippen LogP contribution in [0.25, 0.3) is 0 Å². The molecule has 26 heavy (non-hydrogen) atoms. The summed E-state index contributed by atoms with van der Waals surface area (Å²) >= 11 is 0. The number of Topliss-reactive ketones (excluding diaryl/α,β-unsaturated/α-hetero) is 1. The predicted molar refractivity (Wildman–Crippen MR) is 88.6 cm³/mol. The number of carbonyl (C=O) groups is 3. The van der Waals surface area contributed by atoms with Gasteiger partial charge >= 0.3 is 5.97 Å². The third kappa shape index (κ3) is 3.61. The lowest BCUT2D eigenvalue weighted by atomic mass is 9.84. The van der Waals surface area contributed by atoms with Gasteiger partial charge in [0.05, 0.1) is 0 Å². The number of amides is 1. The van der Waals surface area contributed by atoms with Crippen LogP contribution >= 0.6 is 0 Å². The highest BCUT2D eigenvalue weighted by molar-refractivity contribution is 5.98. The van der Waals surface area contributed by atoms with Crippen LogP contribution < -0.4 is 0 Å². The van der Waals surface area contributed by atoms with E-state index in [0.29, 0.717) is 6.42 Å². The third-order valence-corrected chi connectivity index (χ3v) is 5.47. The number of hydrogen-bond donors (Lipinski definition) is 1. The van der Waals surface area contributed by atoms with Crippen molar-refractivity contribution in [1.82, 2.24) is 4.90 Å². The molecule has 1 aliphatic carbocycles. The van der Waals surface area contributed by atoms with Crippen molar-refractivity contribution in [3.8, 4) is 0 Å². The minimum atomic E-state index is -1.11. The molecule has 1 heterocycles. The van der Waals surface area contributed by atoms with Gasteiger partial charge in [0.1, 0.15) is 6.04 Å². The Kier molecular flexibility index (Phi) is 5.34. The Morgan fingerprint density at radius 1 is 1.08 bits per heavy atom. The highest BCUT2D eigenvalue weighted by Crippen LogP contribution is 2.40. The first-order valence-corrected chi connectivity index (χ1v) is 8.90. The molecule has 1 N–H and O–H groups in total. The number of hydrogen-bond acceptors (Lipinski definition) is 3. The quantitative estimate of drug-likeness (QED) is 0.814. The number of halogens is 2. The molecule has 0 aromatic heterocycles. The van der Waals surface area contributed by atoms with Gasteiger partial charge in [-0.1, -0.05) is 12.8 Å². The number of carboxylic acid groups (broad SMARTS) is 1. The Morgan fingerprint density at radius 3 is 2.50 bits per heavy atom. The molecule has 1 aromatic rings. The van der Waals surface area contributed by atoms with Crippen molar-refractivity contribution >= 4 is 17.7 Å². The molecular weight excluding hydrogens is 344 g/mol. The zero-order valence-corrected chi connectivity index (χ0v) is 14.3. The predicted octanol–water partition coefficient (Wildman–Crippen LogP) is 3.17. The van der Waals surface area contributed by atoms with Crippen LogP contribution in [0.15, 0.2) is 18.2 Å². The minimum Gasteiger partial charge on any atom is -0.480 e. The van der Waals surface area contributed by atoms with Crippen molar-refractivity contribution in [3.05, 3.63) is 35.4 Å². The Balaban J connectivity index is 1.66. The van der Waals surface area contributed by atoms with Crippen LogP contribution in [0.5, 0.6) is 0 Å². The van der Waals surface area contributed by atoms with Crippen molar-refractivity contribution < 1.29 is 28.3 Å². The molecule has 1 saturated carbocycles. The SMILES string of the molecule is O=C(CCC(=O)N1C(C(=O)O)CC2CCCCC21)c1ccc(F)c(F)c1. The molecule has 7 heteroatoms. The summed E-state index contributed by atoms with van der Waals surface area (Å²) in [6.45, 7) is 0. The van der Waals surface area contributed by atoms with Crippen molar-refractivity contribution in [2.45, 2.75) is 57.0 Å². The average Bonchev–Trinajstić information content (AvgIpc) is 3.01. The van der Waals surface area contributed by atoms with E-state index in [1.54, 1.807) is 0 Å². The van der Waals surface area contributed by atoms with Gasteiger partial charge in [-0.05, 0) is 43.4 Å². The number of ketones is 1. The van der Waals surface area contributed by atoms with Crippen LogP contribution in [0, 0.1) is 17.6 Å². The fourth-order valence-electron chi connectivity index (χ4n) is 4.20. The maximum atomic E-state index is 13.2. The second kappa shape index (κ2) is 7.51. The van der Waals surface area contributed by atoms with Crippen molar-refractivity contribution in [2.75, 3.05) is 0 Å². The lowest BCUT2D eigenvalue weighted by Gasteiger charge is -2.33. The second-order valence-electron chi connectivity index (χ2n) is 7.05. The number of aliphatic carboxylic acids is 1. The molecule has 2 aliphatic rings. The Labute approximate surface area is 150 Å². The van der Waals surface area contributed by atoms with Crippen molar-refractivity contribution in [1.29, 1.82) is 0 Å². The fourth-order valence-corrected chi connectivity index (χ4v) is 4.20. The van der Waals surface area contributed by atoms with Gasteiger partial charge in [-0.25, -0.2) is 13.6 Å². The zero-order valence-electron chi connectivity index (χ0n) is 14.3. The van der Waals surface area contributed by atoms with Crippen LogP contribution in [0.2, 0.25) is 0 Å². The average molecular weight is 365 g/mol. The van der Waals surface area contributed by atoms with E-state index in [-0.39, 0.29) is 36.3 Å². The van der Waals surface area contributed by atoms with Crippen LogP contribution in [-0.2, 0) is 9.59 Å². The third-order valence-electron chi connectivity index (χ3n) is 5.47. The summed E-state index contributed by atoms with van der Waals surface area (Å²) in [6, 6.07) is 1.95. The molecule has 0 radical (unpaired) electrons. The highest BCUT2D eigenvalue weighted by Gasteiger charge is 2.47. The molecule has 1 saturated heterocycles.